The van der Waals surface area contributed by atoms with E-state index in [9.17, 15) is 5.11 Å². The molecule has 20 heavy (non-hydrogen) atoms. The van der Waals surface area contributed by atoms with Crippen LogP contribution in [0.5, 0.6) is 0 Å². The van der Waals surface area contributed by atoms with Gasteiger partial charge in [0.15, 0.2) is 0 Å². The summed E-state index contributed by atoms with van der Waals surface area (Å²) in [6, 6.07) is 1.72. The highest BCUT2D eigenvalue weighted by molar-refractivity contribution is 5.53. The van der Waals surface area contributed by atoms with E-state index < -0.39 is 0 Å². The lowest BCUT2D eigenvalue weighted by Gasteiger charge is -2.32. The van der Waals surface area contributed by atoms with Gasteiger partial charge in [0, 0.05) is 13.1 Å². The highest BCUT2D eigenvalue weighted by Gasteiger charge is 2.23. The normalized spacial score (nSPS) is 13.7. The number of nitrogen functional groups attached to an aromatic ring is 1. The Kier molecular flexibility index (Phi) is 3.80. The maximum Gasteiger partial charge on any atom is 0.256 e. The van der Waals surface area contributed by atoms with Crippen LogP contribution in [0.15, 0.2) is 12.4 Å². The Hall–Kier alpha value is -1.89. The van der Waals surface area contributed by atoms with Gasteiger partial charge in [0.05, 0.1) is 12.6 Å². The fourth-order valence-corrected chi connectivity index (χ4v) is 2.22. The van der Waals surface area contributed by atoms with Crippen molar-refractivity contribution in [3.63, 3.8) is 0 Å². The Morgan fingerprint density at radius 2 is 2.15 bits per heavy atom. The summed E-state index contributed by atoms with van der Waals surface area (Å²) in [6.45, 7) is 6.50. The third-order valence-corrected chi connectivity index (χ3v) is 3.23. The Morgan fingerprint density at radius 3 is 2.75 bits per heavy atom. The first-order valence-corrected chi connectivity index (χ1v) is 6.62. The zero-order valence-electron chi connectivity index (χ0n) is 12.4. The largest absolute Gasteiger partial charge is 0.394 e. The predicted octanol–water partition coefficient (Wildman–Crippen LogP) is 0.940. The number of nitrogens with zero attached hydrogens (tertiary/aromatic N) is 5. The topological polar surface area (TPSA) is 92.6 Å². The van der Waals surface area contributed by atoms with E-state index in [1.807, 2.05) is 11.9 Å². The van der Waals surface area contributed by atoms with Gasteiger partial charge in [0.2, 0.25) is 0 Å². The Labute approximate surface area is 118 Å². The zero-order valence-corrected chi connectivity index (χ0v) is 12.4. The average molecular weight is 278 g/mol. The quantitative estimate of drug-likeness (QED) is 0.864. The highest BCUT2D eigenvalue weighted by Crippen LogP contribution is 2.26. The summed E-state index contributed by atoms with van der Waals surface area (Å²) in [5.74, 6) is 1.62. The summed E-state index contributed by atoms with van der Waals surface area (Å²) in [6.07, 6.45) is 2.26. The lowest BCUT2D eigenvalue weighted by molar-refractivity contribution is 0.219. The van der Waals surface area contributed by atoms with E-state index in [2.05, 4.69) is 35.8 Å². The number of rotatable bonds is 4. The molecule has 2 heterocycles. The fraction of sp³-hybridized carbons (Fsp3) is 0.615. The molecule has 0 bridgehead atoms. The molecule has 2 aromatic rings. The van der Waals surface area contributed by atoms with Crippen LogP contribution in [-0.2, 0) is 0 Å². The van der Waals surface area contributed by atoms with E-state index in [0.29, 0.717) is 17.4 Å². The number of hydrogen-bond acceptors (Lipinski definition) is 6. The van der Waals surface area contributed by atoms with Crippen LogP contribution < -0.4 is 10.6 Å². The molecular weight excluding hydrogens is 256 g/mol. The van der Waals surface area contributed by atoms with Gasteiger partial charge in [-0.05, 0) is 11.8 Å². The van der Waals surface area contributed by atoms with E-state index in [-0.39, 0.29) is 18.1 Å². The smallest absolute Gasteiger partial charge is 0.256 e. The zero-order chi connectivity index (χ0) is 14.9. The van der Waals surface area contributed by atoms with E-state index in [4.69, 9.17) is 5.73 Å². The second-order valence-corrected chi connectivity index (χ2v) is 6.22. The van der Waals surface area contributed by atoms with Gasteiger partial charge >= 0.3 is 0 Å². The van der Waals surface area contributed by atoms with E-state index in [1.165, 1.54) is 10.8 Å². The summed E-state index contributed by atoms with van der Waals surface area (Å²) >= 11 is 0. The minimum absolute atomic E-state index is 0.0210. The molecule has 0 aromatic carbocycles. The first-order chi connectivity index (χ1) is 9.31. The van der Waals surface area contributed by atoms with Crippen molar-refractivity contribution in [3.8, 4) is 0 Å². The van der Waals surface area contributed by atoms with Crippen molar-refractivity contribution in [2.45, 2.75) is 33.2 Å². The Morgan fingerprint density at radius 1 is 1.45 bits per heavy atom. The van der Waals surface area contributed by atoms with Crippen LogP contribution in [0.1, 0.15) is 27.2 Å². The third-order valence-electron chi connectivity index (χ3n) is 3.23. The number of aliphatic hydroxyl groups excluding tert-OH is 1. The number of aromatic nitrogens is 4. The molecule has 7 heteroatoms. The van der Waals surface area contributed by atoms with Crippen molar-refractivity contribution >= 4 is 17.4 Å². The SMILES string of the molecule is CN(c1cc(N)n2ncnc2n1)C(CO)CC(C)(C)C. The second kappa shape index (κ2) is 5.24. The maximum absolute atomic E-state index is 9.63. The van der Waals surface area contributed by atoms with E-state index in [1.54, 1.807) is 6.07 Å². The van der Waals surface area contributed by atoms with Gasteiger partial charge in [-0.25, -0.2) is 0 Å². The molecule has 1 unspecified atom stereocenters. The summed E-state index contributed by atoms with van der Waals surface area (Å²) in [7, 11) is 1.90. The predicted molar refractivity (Wildman–Crippen MR) is 78.5 cm³/mol. The first kappa shape index (κ1) is 14.5. The summed E-state index contributed by atoms with van der Waals surface area (Å²) < 4.78 is 1.48. The van der Waals surface area contributed by atoms with Crippen LogP contribution in [0, 0.1) is 5.41 Å². The van der Waals surface area contributed by atoms with Gasteiger partial charge in [-0.1, -0.05) is 20.8 Å². The number of aliphatic hydroxyl groups is 1. The van der Waals surface area contributed by atoms with Gasteiger partial charge < -0.3 is 15.7 Å². The molecule has 0 saturated heterocycles. The van der Waals surface area contributed by atoms with Gasteiger partial charge in [-0.2, -0.15) is 19.6 Å². The molecule has 2 aromatic heterocycles. The number of likely N-dealkylation sites (N-methyl/N-ethyl adjacent to an activating group) is 1. The van der Waals surface area contributed by atoms with E-state index >= 15 is 0 Å². The molecule has 0 radical (unpaired) electrons. The lowest BCUT2D eigenvalue weighted by Crippen LogP contribution is -2.38. The van der Waals surface area contributed by atoms with Crippen molar-refractivity contribution in [3.05, 3.63) is 12.4 Å². The second-order valence-electron chi connectivity index (χ2n) is 6.22. The Balaban J connectivity index is 2.31. The van der Waals surface area contributed by atoms with Crippen LogP contribution in [-0.4, -0.2) is 44.4 Å². The molecule has 2 rings (SSSR count). The number of nitrogens with two attached hydrogens (primary N) is 1. The van der Waals surface area contributed by atoms with Crippen LogP contribution in [0.2, 0.25) is 0 Å². The van der Waals surface area contributed by atoms with Gasteiger partial charge in [0.25, 0.3) is 5.78 Å². The standard InChI is InChI=1S/C13H22N6O/c1-13(2,3)6-9(7-20)18(4)11-5-10(14)19-12(17-11)15-8-16-19/h5,8-9,20H,6-7,14H2,1-4H3. The average Bonchev–Trinajstić information content (AvgIpc) is 2.82. The van der Waals surface area contributed by atoms with Crippen molar-refractivity contribution in [2.75, 3.05) is 24.3 Å². The molecule has 0 aliphatic rings. The highest BCUT2D eigenvalue weighted by atomic mass is 16.3. The molecule has 1 atom stereocenters. The van der Waals surface area contributed by atoms with Crippen molar-refractivity contribution in [2.24, 2.45) is 5.41 Å². The molecule has 3 N–H and O–H groups in total. The van der Waals surface area contributed by atoms with Crippen LogP contribution in [0.3, 0.4) is 0 Å². The molecular formula is C13H22N6O. The molecule has 0 amide bonds. The van der Waals surface area contributed by atoms with Crippen molar-refractivity contribution in [1.29, 1.82) is 0 Å². The fourth-order valence-electron chi connectivity index (χ4n) is 2.22. The van der Waals surface area contributed by atoms with Crippen LogP contribution >= 0.6 is 0 Å². The Bertz CT molecular complexity index is 588. The lowest BCUT2D eigenvalue weighted by atomic mass is 9.88. The van der Waals surface area contributed by atoms with Crippen molar-refractivity contribution < 1.29 is 5.11 Å². The first-order valence-electron chi connectivity index (χ1n) is 6.62. The van der Waals surface area contributed by atoms with E-state index in [0.717, 1.165) is 6.42 Å². The summed E-state index contributed by atoms with van der Waals surface area (Å²) in [5.41, 5.74) is 6.06. The molecule has 0 aliphatic carbocycles. The summed E-state index contributed by atoms with van der Waals surface area (Å²) in [4.78, 5) is 10.4. The molecule has 0 saturated carbocycles. The van der Waals surface area contributed by atoms with Crippen molar-refractivity contribution in [1.82, 2.24) is 19.6 Å². The molecule has 0 fully saturated rings. The number of hydrogen-bond donors (Lipinski definition) is 2. The number of fused-ring (bicyclic) bond motifs is 1. The monoisotopic (exact) mass is 278 g/mol. The minimum Gasteiger partial charge on any atom is -0.394 e. The summed E-state index contributed by atoms with van der Waals surface area (Å²) in [5, 5.41) is 13.6. The van der Waals surface area contributed by atoms with Gasteiger partial charge in [0.1, 0.15) is 18.0 Å². The van der Waals surface area contributed by atoms with Crippen LogP contribution in [0.25, 0.3) is 5.78 Å². The third kappa shape index (κ3) is 2.98. The van der Waals surface area contributed by atoms with Gasteiger partial charge in [-0.3, -0.25) is 0 Å². The molecule has 110 valence electrons. The number of anilines is 2. The maximum atomic E-state index is 9.63. The molecule has 0 spiro atoms. The molecule has 0 aliphatic heterocycles. The molecule has 7 nitrogen and oxygen atoms in total. The van der Waals surface area contributed by atoms with Crippen LogP contribution in [0.4, 0.5) is 11.6 Å². The van der Waals surface area contributed by atoms with Gasteiger partial charge in [-0.15, -0.1) is 0 Å². The minimum atomic E-state index is -0.0210.